The van der Waals surface area contributed by atoms with Gasteiger partial charge in [0.05, 0.1) is 20.3 Å². The summed E-state index contributed by atoms with van der Waals surface area (Å²) in [5.41, 5.74) is 1.78. The molecule has 0 aliphatic carbocycles. The first-order valence-electron chi connectivity index (χ1n) is 7.61. The Labute approximate surface area is 132 Å². The first-order chi connectivity index (χ1) is 10.5. The van der Waals surface area contributed by atoms with Crippen LogP contribution in [-0.4, -0.2) is 25.8 Å². The van der Waals surface area contributed by atoms with Crippen LogP contribution in [0.2, 0.25) is 0 Å². The van der Waals surface area contributed by atoms with Gasteiger partial charge in [-0.2, -0.15) is 0 Å². The molecule has 0 radical (unpaired) electrons. The SMILES string of the molecule is COc1ccc(COC[C@H](C)[C@H]2OC(=O)C(C)=C[C@@H]2C)cc1. The Morgan fingerprint density at radius 1 is 1.27 bits per heavy atom. The third-order valence-corrected chi connectivity index (χ3v) is 3.97. The Bertz CT molecular complexity index is 533. The number of carbonyl (C=O) groups is 1. The van der Waals surface area contributed by atoms with Crippen LogP contribution in [0.25, 0.3) is 0 Å². The normalized spacial score (nSPS) is 22.7. The van der Waals surface area contributed by atoms with Crippen molar-refractivity contribution in [2.24, 2.45) is 11.8 Å². The van der Waals surface area contributed by atoms with E-state index in [9.17, 15) is 4.79 Å². The van der Waals surface area contributed by atoms with Crippen LogP contribution in [0.1, 0.15) is 26.3 Å². The Balaban J connectivity index is 1.82. The Kier molecular flexibility index (Phi) is 5.61. The highest BCUT2D eigenvalue weighted by atomic mass is 16.5. The van der Waals surface area contributed by atoms with Crippen LogP contribution in [0, 0.1) is 11.8 Å². The van der Waals surface area contributed by atoms with Crippen molar-refractivity contribution in [1.82, 2.24) is 0 Å². The molecule has 1 aromatic rings. The predicted molar refractivity (Wildman–Crippen MR) is 84.6 cm³/mol. The van der Waals surface area contributed by atoms with E-state index in [0.717, 1.165) is 11.3 Å². The maximum atomic E-state index is 11.7. The van der Waals surface area contributed by atoms with Gasteiger partial charge in [0.15, 0.2) is 0 Å². The molecule has 0 bridgehead atoms. The van der Waals surface area contributed by atoms with E-state index in [1.807, 2.05) is 30.3 Å². The molecule has 0 saturated heterocycles. The largest absolute Gasteiger partial charge is 0.497 e. The highest BCUT2D eigenvalue weighted by Crippen LogP contribution is 2.25. The third kappa shape index (κ3) is 4.10. The van der Waals surface area contributed by atoms with E-state index in [4.69, 9.17) is 14.2 Å². The van der Waals surface area contributed by atoms with Crippen LogP contribution >= 0.6 is 0 Å². The van der Waals surface area contributed by atoms with E-state index in [1.54, 1.807) is 14.0 Å². The van der Waals surface area contributed by atoms with Gasteiger partial charge in [-0.3, -0.25) is 0 Å². The summed E-state index contributed by atoms with van der Waals surface area (Å²) in [6.45, 7) is 7.01. The number of carbonyl (C=O) groups excluding carboxylic acids is 1. The minimum Gasteiger partial charge on any atom is -0.497 e. The van der Waals surface area contributed by atoms with E-state index in [0.29, 0.717) is 18.8 Å². The van der Waals surface area contributed by atoms with Crippen LogP contribution in [0.3, 0.4) is 0 Å². The molecule has 0 spiro atoms. The summed E-state index contributed by atoms with van der Waals surface area (Å²) in [5, 5.41) is 0. The number of hydrogen-bond donors (Lipinski definition) is 0. The molecule has 1 aliphatic heterocycles. The molecule has 0 amide bonds. The van der Waals surface area contributed by atoms with E-state index in [-0.39, 0.29) is 23.9 Å². The van der Waals surface area contributed by atoms with Crippen LogP contribution in [0.4, 0.5) is 0 Å². The van der Waals surface area contributed by atoms with Gasteiger partial charge in [-0.25, -0.2) is 4.79 Å². The van der Waals surface area contributed by atoms with Crippen molar-refractivity contribution >= 4 is 5.97 Å². The molecule has 4 nitrogen and oxygen atoms in total. The minimum absolute atomic E-state index is 0.118. The van der Waals surface area contributed by atoms with Gasteiger partial charge in [0.1, 0.15) is 11.9 Å². The summed E-state index contributed by atoms with van der Waals surface area (Å²) in [4.78, 5) is 11.7. The quantitative estimate of drug-likeness (QED) is 0.756. The number of ether oxygens (including phenoxy) is 3. The molecule has 120 valence electrons. The van der Waals surface area contributed by atoms with E-state index in [1.165, 1.54) is 0 Å². The summed E-state index contributed by atoms with van der Waals surface area (Å²) in [6, 6.07) is 7.80. The molecule has 0 unspecified atom stereocenters. The molecule has 2 rings (SSSR count). The second-order valence-corrected chi connectivity index (χ2v) is 5.92. The van der Waals surface area contributed by atoms with Gasteiger partial charge in [-0.15, -0.1) is 0 Å². The average Bonchev–Trinajstić information content (AvgIpc) is 2.51. The van der Waals surface area contributed by atoms with Gasteiger partial charge >= 0.3 is 5.97 Å². The Morgan fingerprint density at radius 3 is 2.59 bits per heavy atom. The highest BCUT2D eigenvalue weighted by Gasteiger charge is 2.31. The number of rotatable bonds is 6. The highest BCUT2D eigenvalue weighted by molar-refractivity contribution is 5.88. The lowest BCUT2D eigenvalue weighted by Gasteiger charge is -2.31. The Morgan fingerprint density at radius 2 is 1.95 bits per heavy atom. The third-order valence-electron chi connectivity index (χ3n) is 3.97. The van der Waals surface area contributed by atoms with Crippen molar-refractivity contribution in [3.05, 3.63) is 41.5 Å². The molecule has 1 aliphatic rings. The molecule has 0 aromatic heterocycles. The molecule has 0 fully saturated rings. The summed E-state index contributed by atoms with van der Waals surface area (Å²) in [6.07, 6.45) is 1.86. The van der Waals surface area contributed by atoms with Gasteiger partial charge < -0.3 is 14.2 Å². The lowest BCUT2D eigenvalue weighted by molar-refractivity contribution is -0.152. The van der Waals surface area contributed by atoms with Gasteiger partial charge in [0, 0.05) is 17.4 Å². The maximum Gasteiger partial charge on any atom is 0.333 e. The number of hydrogen-bond acceptors (Lipinski definition) is 4. The summed E-state index contributed by atoms with van der Waals surface area (Å²) in [5.74, 6) is 0.992. The van der Waals surface area contributed by atoms with Gasteiger partial charge in [0.2, 0.25) is 0 Å². The monoisotopic (exact) mass is 304 g/mol. The smallest absolute Gasteiger partial charge is 0.333 e. The fraction of sp³-hybridized carbons (Fsp3) is 0.500. The van der Waals surface area contributed by atoms with E-state index in [2.05, 4.69) is 13.8 Å². The lowest BCUT2D eigenvalue weighted by atomic mass is 9.90. The number of cyclic esters (lactones) is 1. The molecule has 4 heteroatoms. The van der Waals surface area contributed by atoms with E-state index < -0.39 is 0 Å². The summed E-state index contributed by atoms with van der Waals surface area (Å²) in [7, 11) is 1.65. The van der Waals surface area contributed by atoms with Crippen molar-refractivity contribution in [3.63, 3.8) is 0 Å². The predicted octanol–water partition coefficient (Wildman–Crippen LogP) is 3.36. The van der Waals surface area contributed by atoms with Crippen molar-refractivity contribution < 1.29 is 19.0 Å². The zero-order valence-corrected chi connectivity index (χ0v) is 13.7. The Hall–Kier alpha value is -1.81. The fourth-order valence-electron chi connectivity index (χ4n) is 2.69. The number of benzene rings is 1. The van der Waals surface area contributed by atoms with Crippen molar-refractivity contribution in [1.29, 1.82) is 0 Å². The topological polar surface area (TPSA) is 44.8 Å². The van der Waals surface area contributed by atoms with Crippen LogP contribution < -0.4 is 4.74 Å². The minimum atomic E-state index is -0.217. The van der Waals surface area contributed by atoms with Crippen molar-refractivity contribution in [3.8, 4) is 5.75 Å². The summed E-state index contributed by atoms with van der Waals surface area (Å²) < 4.78 is 16.4. The van der Waals surface area contributed by atoms with Crippen molar-refractivity contribution in [2.45, 2.75) is 33.5 Å². The number of esters is 1. The first kappa shape index (κ1) is 16.6. The van der Waals surface area contributed by atoms with Gasteiger partial charge in [-0.1, -0.05) is 32.1 Å². The van der Waals surface area contributed by atoms with Gasteiger partial charge in [0.25, 0.3) is 0 Å². The second kappa shape index (κ2) is 7.45. The second-order valence-electron chi connectivity index (χ2n) is 5.92. The molecule has 1 heterocycles. The fourth-order valence-corrected chi connectivity index (χ4v) is 2.69. The standard InChI is InChI=1S/C18H24O4/c1-12-9-13(2)18(19)22-17(12)14(3)10-21-11-15-5-7-16(20-4)8-6-15/h5-9,12,14,17H,10-11H2,1-4H3/t12-,14-,17-/m0/s1. The molecular weight excluding hydrogens is 280 g/mol. The maximum absolute atomic E-state index is 11.7. The molecule has 1 aromatic carbocycles. The zero-order valence-electron chi connectivity index (χ0n) is 13.7. The first-order valence-corrected chi connectivity index (χ1v) is 7.61. The van der Waals surface area contributed by atoms with Crippen molar-refractivity contribution in [2.75, 3.05) is 13.7 Å². The molecule has 3 atom stereocenters. The van der Waals surface area contributed by atoms with Gasteiger partial charge in [-0.05, 0) is 24.6 Å². The zero-order chi connectivity index (χ0) is 16.1. The van der Waals surface area contributed by atoms with E-state index >= 15 is 0 Å². The van der Waals surface area contributed by atoms with Crippen LogP contribution in [-0.2, 0) is 20.9 Å². The summed E-state index contributed by atoms with van der Waals surface area (Å²) >= 11 is 0. The molecule has 22 heavy (non-hydrogen) atoms. The average molecular weight is 304 g/mol. The lowest BCUT2D eigenvalue weighted by Crippen LogP contribution is -2.36. The molecule has 0 N–H and O–H groups in total. The van der Waals surface area contributed by atoms with Crippen LogP contribution in [0.5, 0.6) is 5.75 Å². The molecular formula is C18H24O4. The molecule has 0 saturated carbocycles. The van der Waals surface area contributed by atoms with Crippen LogP contribution in [0.15, 0.2) is 35.9 Å². The number of methoxy groups -OCH3 is 1.